The monoisotopic (exact) mass is 254 g/mol. The third-order valence-corrected chi connectivity index (χ3v) is 4.68. The van der Waals surface area contributed by atoms with Gasteiger partial charge in [-0.15, -0.1) is 0 Å². The summed E-state index contributed by atoms with van der Waals surface area (Å²) in [5.41, 5.74) is 0. The lowest BCUT2D eigenvalue weighted by Gasteiger charge is -2.40. The van der Waals surface area contributed by atoms with Crippen molar-refractivity contribution in [3.63, 3.8) is 0 Å². The fourth-order valence-electron chi connectivity index (χ4n) is 3.23. The number of aliphatic hydroxyl groups is 1. The van der Waals surface area contributed by atoms with E-state index in [0.29, 0.717) is 5.92 Å². The molecule has 0 saturated carbocycles. The van der Waals surface area contributed by atoms with E-state index in [9.17, 15) is 5.11 Å². The summed E-state index contributed by atoms with van der Waals surface area (Å²) < 4.78 is 0. The molecule has 0 spiro atoms. The summed E-state index contributed by atoms with van der Waals surface area (Å²) in [5, 5.41) is 9.94. The second-order valence-corrected chi connectivity index (χ2v) is 6.44. The quantitative estimate of drug-likeness (QED) is 0.831. The fourth-order valence-corrected chi connectivity index (χ4v) is 3.23. The largest absolute Gasteiger partial charge is 0.392 e. The van der Waals surface area contributed by atoms with E-state index in [-0.39, 0.29) is 6.10 Å². The fraction of sp³-hybridized carbons (Fsp3) is 1.00. The molecule has 1 unspecified atom stereocenters. The molecule has 3 nitrogen and oxygen atoms in total. The molecule has 2 heterocycles. The third-order valence-electron chi connectivity index (χ3n) is 4.68. The number of hydrogen-bond acceptors (Lipinski definition) is 3. The maximum absolute atomic E-state index is 9.94. The first-order chi connectivity index (χ1) is 8.66. The second-order valence-electron chi connectivity index (χ2n) is 6.44. The first kappa shape index (κ1) is 14.3. The maximum Gasteiger partial charge on any atom is 0.0689 e. The van der Waals surface area contributed by atoms with Gasteiger partial charge in [0.15, 0.2) is 0 Å². The van der Waals surface area contributed by atoms with Gasteiger partial charge in [-0.3, -0.25) is 0 Å². The minimum Gasteiger partial charge on any atom is -0.392 e. The van der Waals surface area contributed by atoms with Crippen LogP contribution in [0.2, 0.25) is 0 Å². The zero-order chi connectivity index (χ0) is 13.0. The van der Waals surface area contributed by atoms with Crippen molar-refractivity contribution in [1.29, 1.82) is 0 Å². The normalized spacial score (nSPS) is 26.7. The third kappa shape index (κ3) is 3.94. The molecule has 106 valence electrons. The number of rotatable bonds is 4. The summed E-state index contributed by atoms with van der Waals surface area (Å²) in [6.07, 6.45) is 6.65. The SMILES string of the molecule is CC(C)C(O)CN1CCC(N2CCCCC2)CC1. The van der Waals surface area contributed by atoms with Crippen molar-refractivity contribution in [3.05, 3.63) is 0 Å². The van der Waals surface area contributed by atoms with Crippen LogP contribution >= 0.6 is 0 Å². The Hall–Kier alpha value is -0.120. The molecular weight excluding hydrogens is 224 g/mol. The van der Waals surface area contributed by atoms with Crippen LogP contribution in [0.15, 0.2) is 0 Å². The summed E-state index contributed by atoms with van der Waals surface area (Å²) in [6, 6.07) is 0.817. The minimum absolute atomic E-state index is 0.156. The van der Waals surface area contributed by atoms with E-state index in [2.05, 4.69) is 23.6 Å². The Balaban J connectivity index is 1.70. The molecule has 0 aromatic carbocycles. The first-order valence-electron chi connectivity index (χ1n) is 7.81. The van der Waals surface area contributed by atoms with Crippen LogP contribution in [0, 0.1) is 5.92 Å². The van der Waals surface area contributed by atoms with Gasteiger partial charge in [0.1, 0.15) is 0 Å². The highest BCUT2D eigenvalue weighted by Crippen LogP contribution is 2.21. The van der Waals surface area contributed by atoms with Crippen LogP contribution in [0.1, 0.15) is 46.0 Å². The Morgan fingerprint density at radius 2 is 1.61 bits per heavy atom. The number of β-amino-alcohol motifs (C(OH)–C–C–N with tert-alkyl or cyclic N) is 1. The van der Waals surface area contributed by atoms with Crippen molar-refractivity contribution >= 4 is 0 Å². The van der Waals surface area contributed by atoms with E-state index in [4.69, 9.17) is 0 Å². The van der Waals surface area contributed by atoms with E-state index in [1.54, 1.807) is 0 Å². The van der Waals surface area contributed by atoms with Crippen LogP contribution in [-0.2, 0) is 0 Å². The summed E-state index contributed by atoms with van der Waals surface area (Å²) in [7, 11) is 0. The molecule has 2 aliphatic heterocycles. The topological polar surface area (TPSA) is 26.7 Å². The van der Waals surface area contributed by atoms with Gasteiger partial charge in [-0.05, 0) is 57.8 Å². The summed E-state index contributed by atoms with van der Waals surface area (Å²) in [5.74, 6) is 0.379. The van der Waals surface area contributed by atoms with E-state index in [1.165, 1.54) is 58.3 Å². The van der Waals surface area contributed by atoms with Gasteiger partial charge < -0.3 is 14.9 Å². The lowest BCUT2D eigenvalue weighted by atomic mass is 9.99. The van der Waals surface area contributed by atoms with Gasteiger partial charge in [-0.25, -0.2) is 0 Å². The molecule has 1 atom stereocenters. The molecule has 2 fully saturated rings. The smallest absolute Gasteiger partial charge is 0.0689 e. The maximum atomic E-state index is 9.94. The number of aliphatic hydroxyl groups excluding tert-OH is 1. The van der Waals surface area contributed by atoms with Gasteiger partial charge >= 0.3 is 0 Å². The van der Waals surface area contributed by atoms with Gasteiger partial charge in [0.2, 0.25) is 0 Å². The number of nitrogens with zero attached hydrogens (tertiary/aromatic N) is 2. The van der Waals surface area contributed by atoms with Gasteiger partial charge in [0.25, 0.3) is 0 Å². The van der Waals surface area contributed by atoms with E-state index in [1.807, 2.05) is 0 Å². The summed E-state index contributed by atoms with van der Waals surface area (Å²) in [4.78, 5) is 5.16. The highest BCUT2D eigenvalue weighted by molar-refractivity contribution is 4.82. The molecule has 2 aliphatic rings. The molecule has 0 aliphatic carbocycles. The van der Waals surface area contributed by atoms with Gasteiger partial charge in [0, 0.05) is 12.6 Å². The Kier molecular flexibility index (Phi) is 5.46. The Morgan fingerprint density at radius 1 is 1.00 bits per heavy atom. The van der Waals surface area contributed by atoms with Crippen molar-refractivity contribution in [2.24, 2.45) is 5.92 Å². The van der Waals surface area contributed by atoms with E-state index in [0.717, 1.165) is 12.6 Å². The standard InChI is InChI=1S/C15H30N2O/c1-13(2)15(18)12-16-10-6-14(7-11-16)17-8-4-3-5-9-17/h13-15,18H,3-12H2,1-2H3. The predicted molar refractivity (Wildman–Crippen MR) is 75.7 cm³/mol. The Labute approximate surface area is 112 Å². The van der Waals surface area contributed by atoms with E-state index >= 15 is 0 Å². The average molecular weight is 254 g/mol. The molecule has 0 aromatic heterocycles. The molecule has 18 heavy (non-hydrogen) atoms. The van der Waals surface area contributed by atoms with Crippen molar-refractivity contribution < 1.29 is 5.11 Å². The van der Waals surface area contributed by atoms with Crippen molar-refractivity contribution in [3.8, 4) is 0 Å². The van der Waals surface area contributed by atoms with E-state index < -0.39 is 0 Å². The zero-order valence-corrected chi connectivity index (χ0v) is 12.1. The van der Waals surface area contributed by atoms with Crippen molar-refractivity contribution in [2.45, 2.75) is 58.1 Å². The molecule has 1 N–H and O–H groups in total. The number of hydrogen-bond donors (Lipinski definition) is 1. The van der Waals surface area contributed by atoms with Crippen molar-refractivity contribution in [1.82, 2.24) is 9.80 Å². The second kappa shape index (κ2) is 6.88. The van der Waals surface area contributed by atoms with Crippen LogP contribution in [0.5, 0.6) is 0 Å². The molecule has 2 saturated heterocycles. The highest BCUT2D eigenvalue weighted by atomic mass is 16.3. The molecule has 0 bridgehead atoms. The van der Waals surface area contributed by atoms with Crippen molar-refractivity contribution in [2.75, 3.05) is 32.7 Å². The van der Waals surface area contributed by atoms with Crippen LogP contribution in [-0.4, -0.2) is 59.8 Å². The lowest BCUT2D eigenvalue weighted by Crippen LogP contribution is -2.48. The first-order valence-corrected chi connectivity index (χ1v) is 7.81. The Bertz CT molecular complexity index is 231. The average Bonchev–Trinajstić information content (AvgIpc) is 2.40. The van der Waals surface area contributed by atoms with Crippen LogP contribution in [0.3, 0.4) is 0 Å². The van der Waals surface area contributed by atoms with Gasteiger partial charge in [-0.1, -0.05) is 20.3 Å². The number of likely N-dealkylation sites (tertiary alicyclic amines) is 2. The van der Waals surface area contributed by atoms with Crippen LogP contribution in [0.4, 0.5) is 0 Å². The number of piperidine rings is 2. The van der Waals surface area contributed by atoms with Crippen LogP contribution < -0.4 is 0 Å². The molecule has 0 aromatic rings. The van der Waals surface area contributed by atoms with Crippen LogP contribution in [0.25, 0.3) is 0 Å². The lowest BCUT2D eigenvalue weighted by molar-refractivity contribution is 0.0433. The molecule has 3 heteroatoms. The highest BCUT2D eigenvalue weighted by Gasteiger charge is 2.26. The molecule has 0 radical (unpaired) electrons. The summed E-state index contributed by atoms with van der Waals surface area (Å²) >= 11 is 0. The predicted octanol–water partition coefficient (Wildman–Crippen LogP) is 1.95. The van der Waals surface area contributed by atoms with Gasteiger partial charge in [0.05, 0.1) is 6.10 Å². The molecule has 0 amide bonds. The molecule has 2 rings (SSSR count). The zero-order valence-electron chi connectivity index (χ0n) is 12.1. The summed E-state index contributed by atoms with van der Waals surface area (Å²) in [6.45, 7) is 10.1. The Morgan fingerprint density at radius 3 is 2.17 bits per heavy atom. The minimum atomic E-state index is -0.156. The molecular formula is C15H30N2O. The van der Waals surface area contributed by atoms with Gasteiger partial charge in [-0.2, -0.15) is 0 Å².